The van der Waals surface area contributed by atoms with Gasteiger partial charge in [-0.2, -0.15) is 0 Å². The lowest BCUT2D eigenvalue weighted by atomic mass is 10.1. The highest BCUT2D eigenvalue weighted by molar-refractivity contribution is 6.03. The minimum atomic E-state index is -0.841. The van der Waals surface area contributed by atoms with E-state index in [4.69, 9.17) is 5.73 Å². The molecule has 0 fully saturated rings. The number of hydrogen-bond acceptors (Lipinski definition) is 4. The van der Waals surface area contributed by atoms with E-state index in [1.807, 2.05) is 0 Å². The van der Waals surface area contributed by atoms with Gasteiger partial charge in [0.2, 0.25) is 0 Å². The Hall–Kier alpha value is -2.44. The normalized spacial score (nSPS) is 10.4. The first-order valence-corrected chi connectivity index (χ1v) is 4.01. The van der Waals surface area contributed by atoms with E-state index in [1.54, 1.807) is 0 Å². The minimum Gasteiger partial charge on any atom is -0.365 e. The van der Waals surface area contributed by atoms with Gasteiger partial charge in [-0.25, -0.2) is 4.98 Å². The molecule has 15 heavy (non-hydrogen) atoms. The van der Waals surface area contributed by atoms with E-state index in [1.165, 1.54) is 18.5 Å². The van der Waals surface area contributed by atoms with Crippen molar-refractivity contribution in [1.29, 1.82) is 0 Å². The Kier molecular flexibility index (Phi) is 1.86. The van der Waals surface area contributed by atoms with Crippen molar-refractivity contribution in [1.82, 2.24) is 9.97 Å². The number of carbonyl (C=O) groups is 1. The maximum absolute atomic E-state index is 11.0. The molecule has 0 aliphatic heterocycles. The standard InChI is InChI=1S/C8H6N4O3/c9-8(13)4-1-2-5-6(11-3-10-5)7(4)12(14)15/h1-3H,(H2,9,13)(H,10,11). The van der Waals surface area contributed by atoms with Crippen LogP contribution in [0.15, 0.2) is 18.5 Å². The molecule has 1 aromatic carbocycles. The number of benzene rings is 1. The quantitative estimate of drug-likeness (QED) is 0.551. The number of carbonyl (C=O) groups excluding carboxylic acids is 1. The first-order chi connectivity index (χ1) is 7.11. The van der Waals surface area contributed by atoms with Crippen LogP contribution in [0.1, 0.15) is 10.4 Å². The first-order valence-electron chi connectivity index (χ1n) is 4.01. The lowest BCUT2D eigenvalue weighted by molar-refractivity contribution is -0.383. The number of nitro groups is 1. The van der Waals surface area contributed by atoms with Crippen molar-refractivity contribution >= 4 is 22.6 Å². The van der Waals surface area contributed by atoms with Crippen LogP contribution in [0.4, 0.5) is 5.69 Å². The smallest absolute Gasteiger partial charge is 0.309 e. The fourth-order valence-corrected chi connectivity index (χ4v) is 1.38. The first kappa shape index (κ1) is 9.13. The van der Waals surface area contributed by atoms with Gasteiger partial charge in [0.15, 0.2) is 5.52 Å². The van der Waals surface area contributed by atoms with E-state index in [9.17, 15) is 14.9 Å². The van der Waals surface area contributed by atoms with E-state index in [0.717, 1.165) is 0 Å². The van der Waals surface area contributed by atoms with Crippen molar-refractivity contribution < 1.29 is 9.72 Å². The Bertz CT molecular complexity index is 560. The van der Waals surface area contributed by atoms with Gasteiger partial charge in [0, 0.05) is 0 Å². The lowest BCUT2D eigenvalue weighted by Gasteiger charge is -1.98. The molecule has 1 heterocycles. The molecule has 0 radical (unpaired) electrons. The van der Waals surface area contributed by atoms with Crippen LogP contribution < -0.4 is 5.73 Å². The maximum atomic E-state index is 11.0. The summed E-state index contributed by atoms with van der Waals surface area (Å²) in [5, 5.41) is 10.8. The second-order valence-corrected chi connectivity index (χ2v) is 2.88. The van der Waals surface area contributed by atoms with Crippen LogP contribution in [0.3, 0.4) is 0 Å². The summed E-state index contributed by atoms with van der Waals surface area (Å²) in [5.41, 5.74) is 5.16. The number of aromatic nitrogens is 2. The molecule has 0 spiro atoms. The van der Waals surface area contributed by atoms with Gasteiger partial charge < -0.3 is 10.7 Å². The van der Waals surface area contributed by atoms with Crippen molar-refractivity contribution in [3.8, 4) is 0 Å². The zero-order valence-electron chi connectivity index (χ0n) is 7.43. The van der Waals surface area contributed by atoms with Gasteiger partial charge in [0.1, 0.15) is 5.56 Å². The van der Waals surface area contributed by atoms with Gasteiger partial charge >= 0.3 is 5.69 Å². The number of primary amides is 1. The third-order valence-electron chi connectivity index (χ3n) is 2.01. The number of aromatic amines is 1. The zero-order valence-corrected chi connectivity index (χ0v) is 7.43. The Morgan fingerprint density at radius 3 is 2.87 bits per heavy atom. The summed E-state index contributed by atoms with van der Waals surface area (Å²) in [6.07, 6.45) is 1.32. The molecule has 3 N–H and O–H groups in total. The van der Waals surface area contributed by atoms with Crippen molar-refractivity contribution in [2.45, 2.75) is 0 Å². The molecule has 0 aliphatic carbocycles. The highest BCUT2D eigenvalue weighted by Gasteiger charge is 2.23. The fraction of sp³-hybridized carbons (Fsp3) is 0. The highest BCUT2D eigenvalue weighted by atomic mass is 16.6. The van der Waals surface area contributed by atoms with Crippen LogP contribution in [0, 0.1) is 10.1 Å². The Morgan fingerprint density at radius 1 is 1.53 bits per heavy atom. The zero-order chi connectivity index (χ0) is 11.0. The van der Waals surface area contributed by atoms with Gasteiger partial charge in [-0.15, -0.1) is 0 Å². The summed E-state index contributed by atoms with van der Waals surface area (Å²) < 4.78 is 0. The number of nitrogens with zero attached hydrogens (tertiary/aromatic N) is 2. The van der Waals surface area contributed by atoms with Crippen LogP contribution in [-0.4, -0.2) is 20.8 Å². The predicted octanol–water partition coefficient (Wildman–Crippen LogP) is 0.570. The number of fused-ring (bicyclic) bond motifs is 1. The largest absolute Gasteiger partial charge is 0.365 e. The predicted molar refractivity (Wildman–Crippen MR) is 51.3 cm³/mol. The molecule has 76 valence electrons. The summed E-state index contributed by atoms with van der Waals surface area (Å²) >= 11 is 0. The Labute approximate surface area is 83.1 Å². The van der Waals surface area contributed by atoms with E-state index < -0.39 is 10.8 Å². The SMILES string of the molecule is NC(=O)c1ccc2[nH]cnc2c1[N+](=O)[O-]. The molecule has 2 rings (SSSR count). The van der Waals surface area contributed by atoms with Gasteiger partial charge in [-0.1, -0.05) is 0 Å². The van der Waals surface area contributed by atoms with Gasteiger partial charge in [-0.05, 0) is 12.1 Å². The number of rotatable bonds is 2. The molecule has 0 unspecified atom stereocenters. The summed E-state index contributed by atoms with van der Waals surface area (Å²) in [4.78, 5) is 27.6. The summed E-state index contributed by atoms with van der Waals surface area (Å²) in [6.45, 7) is 0. The average Bonchev–Trinajstić information content (AvgIpc) is 2.62. The molecule has 7 nitrogen and oxygen atoms in total. The van der Waals surface area contributed by atoms with Crippen LogP contribution in [0.25, 0.3) is 11.0 Å². The fourth-order valence-electron chi connectivity index (χ4n) is 1.38. The molecule has 0 saturated carbocycles. The van der Waals surface area contributed by atoms with Crippen molar-refractivity contribution in [2.75, 3.05) is 0 Å². The molecule has 0 saturated heterocycles. The number of H-pyrrole nitrogens is 1. The highest BCUT2D eigenvalue weighted by Crippen LogP contribution is 2.26. The van der Waals surface area contributed by atoms with Crippen molar-refractivity contribution in [2.24, 2.45) is 5.73 Å². The molecular weight excluding hydrogens is 200 g/mol. The number of nitrogens with two attached hydrogens (primary N) is 1. The van der Waals surface area contributed by atoms with E-state index >= 15 is 0 Å². The van der Waals surface area contributed by atoms with E-state index in [2.05, 4.69) is 9.97 Å². The summed E-state index contributed by atoms with van der Waals surface area (Å²) in [6, 6.07) is 2.83. The summed E-state index contributed by atoms with van der Waals surface area (Å²) in [5.74, 6) is -0.841. The molecule has 7 heteroatoms. The van der Waals surface area contributed by atoms with Crippen molar-refractivity contribution in [3.05, 3.63) is 34.1 Å². The second-order valence-electron chi connectivity index (χ2n) is 2.88. The maximum Gasteiger partial charge on any atom is 0.309 e. The molecule has 1 amide bonds. The number of nitrogens with one attached hydrogen (secondary N) is 1. The third kappa shape index (κ3) is 1.30. The van der Waals surface area contributed by atoms with Crippen LogP contribution >= 0.6 is 0 Å². The Balaban J connectivity index is 2.87. The Morgan fingerprint density at radius 2 is 2.27 bits per heavy atom. The minimum absolute atomic E-state index is 0.135. The topological polar surface area (TPSA) is 115 Å². The molecule has 1 aromatic heterocycles. The molecular formula is C8H6N4O3. The van der Waals surface area contributed by atoms with Gasteiger partial charge in [-0.3, -0.25) is 14.9 Å². The van der Waals surface area contributed by atoms with Crippen LogP contribution in [-0.2, 0) is 0 Å². The third-order valence-corrected chi connectivity index (χ3v) is 2.01. The van der Waals surface area contributed by atoms with Crippen LogP contribution in [0.2, 0.25) is 0 Å². The summed E-state index contributed by atoms with van der Waals surface area (Å²) in [7, 11) is 0. The monoisotopic (exact) mass is 206 g/mol. The molecule has 2 aromatic rings. The van der Waals surface area contributed by atoms with Crippen LogP contribution in [0.5, 0.6) is 0 Å². The molecule has 0 bridgehead atoms. The van der Waals surface area contributed by atoms with Gasteiger partial charge in [0.05, 0.1) is 16.8 Å². The number of hydrogen-bond donors (Lipinski definition) is 2. The number of amides is 1. The van der Waals surface area contributed by atoms with E-state index in [0.29, 0.717) is 5.52 Å². The molecule has 0 atom stereocenters. The van der Waals surface area contributed by atoms with E-state index in [-0.39, 0.29) is 16.8 Å². The number of imidazole rings is 1. The number of nitro benzene ring substituents is 1. The lowest BCUT2D eigenvalue weighted by Crippen LogP contribution is -2.13. The van der Waals surface area contributed by atoms with Gasteiger partial charge in [0.25, 0.3) is 5.91 Å². The second kappa shape index (κ2) is 3.05. The molecule has 0 aliphatic rings. The average molecular weight is 206 g/mol. The van der Waals surface area contributed by atoms with Crippen molar-refractivity contribution in [3.63, 3.8) is 0 Å².